The van der Waals surface area contributed by atoms with E-state index in [0.717, 1.165) is 0 Å². The van der Waals surface area contributed by atoms with Gasteiger partial charge in [-0.15, -0.1) is 0 Å². The van der Waals surface area contributed by atoms with Crippen LogP contribution < -0.4 is 0 Å². The summed E-state index contributed by atoms with van der Waals surface area (Å²) < 4.78 is 0. The zero-order valence-electron chi connectivity index (χ0n) is 13.9. The van der Waals surface area contributed by atoms with Crippen LogP contribution in [0.4, 0.5) is 0 Å². The lowest BCUT2D eigenvalue weighted by atomic mass is 9.89. The van der Waals surface area contributed by atoms with Gasteiger partial charge in [-0.3, -0.25) is 0 Å². The number of hydrogen-bond donors (Lipinski definition) is 0. The normalized spacial score (nSPS) is 11.4. The van der Waals surface area contributed by atoms with E-state index in [9.17, 15) is 0 Å². The first kappa shape index (κ1) is 15.1. The smallest absolute Gasteiger partial charge is 0.0113 e. The Hall–Kier alpha value is -1.82. The molecule has 0 aliphatic rings. The van der Waals surface area contributed by atoms with Crippen LogP contribution in [0.5, 0.6) is 0 Å². The Morgan fingerprint density at radius 1 is 0.727 bits per heavy atom. The van der Waals surface area contributed by atoms with Crippen LogP contribution in [0, 0.1) is 0 Å². The first-order valence-corrected chi connectivity index (χ1v) is 8.77. The molecule has 0 atom stereocenters. The van der Waals surface area contributed by atoms with Crippen LogP contribution in [0.2, 0.25) is 0 Å². The van der Waals surface area contributed by atoms with Gasteiger partial charge in [-0.1, -0.05) is 69.2 Å². The molecule has 0 N–H and O–H groups in total. The molecule has 0 spiro atoms. The van der Waals surface area contributed by atoms with Gasteiger partial charge in [0.15, 0.2) is 0 Å². The van der Waals surface area contributed by atoms with Crippen LogP contribution in [0.15, 0.2) is 48.5 Å². The molecule has 0 radical (unpaired) electrons. The SMILES string of the molecule is CCCCc1cccc2cc3ccccc3c(CCCC)c12. The molecule has 3 aromatic carbocycles. The Bertz CT molecular complexity index is 767. The molecule has 0 heteroatoms. The summed E-state index contributed by atoms with van der Waals surface area (Å²) in [5.41, 5.74) is 3.11. The van der Waals surface area contributed by atoms with Gasteiger partial charge < -0.3 is 0 Å². The Labute approximate surface area is 134 Å². The summed E-state index contributed by atoms with van der Waals surface area (Å²) in [6.07, 6.45) is 7.45. The molecule has 0 aromatic heterocycles. The molecular weight excluding hydrogens is 264 g/mol. The summed E-state index contributed by atoms with van der Waals surface area (Å²) in [5.74, 6) is 0. The van der Waals surface area contributed by atoms with E-state index >= 15 is 0 Å². The Morgan fingerprint density at radius 2 is 1.45 bits per heavy atom. The van der Waals surface area contributed by atoms with Crippen LogP contribution in [-0.2, 0) is 12.8 Å². The minimum Gasteiger partial charge on any atom is -0.0654 e. The van der Waals surface area contributed by atoms with Gasteiger partial charge in [-0.25, -0.2) is 0 Å². The first-order valence-electron chi connectivity index (χ1n) is 8.77. The van der Waals surface area contributed by atoms with Crippen molar-refractivity contribution >= 4 is 21.5 Å². The van der Waals surface area contributed by atoms with E-state index in [1.807, 2.05) is 0 Å². The van der Waals surface area contributed by atoms with E-state index in [1.54, 1.807) is 5.56 Å². The van der Waals surface area contributed by atoms with Crippen molar-refractivity contribution in [3.63, 3.8) is 0 Å². The molecule has 0 fully saturated rings. The van der Waals surface area contributed by atoms with Gasteiger partial charge in [-0.05, 0) is 64.4 Å². The summed E-state index contributed by atoms with van der Waals surface area (Å²) in [4.78, 5) is 0. The van der Waals surface area contributed by atoms with Crippen LogP contribution >= 0.6 is 0 Å². The Balaban J connectivity index is 2.27. The van der Waals surface area contributed by atoms with Crippen LogP contribution in [0.3, 0.4) is 0 Å². The zero-order chi connectivity index (χ0) is 15.4. The lowest BCUT2D eigenvalue weighted by Gasteiger charge is -2.15. The molecule has 0 saturated heterocycles. The maximum absolute atomic E-state index is 2.37. The maximum atomic E-state index is 2.37. The van der Waals surface area contributed by atoms with Gasteiger partial charge in [0.1, 0.15) is 0 Å². The van der Waals surface area contributed by atoms with Crippen molar-refractivity contribution < 1.29 is 0 Å². The highest BCUT2D eigenvalue weighted by Crippen LogP contribution is 2.32. The maximum Gasteiger partial charge on any atom is -0.0113 e. The topological polar surface area (TPSA) is 0 Å². The molecule has 0 nitrogen and oxygen atoms in total. The minimum absolute atomic E-state index is 1.19. The zero-order valence-corrected chi connectivity index (χ0v) is 13.9. The fourth-order valence-electron chi connectivity index (χ4n) is 3.50. The second-order valence-electron chi connectivity index (χ2n) is 6.30. The minimum atomic E-state index is 1.19. The van der Waals surface area contributed by atoms with Gasteiger partial charge >= 0.3 is 0 Å². The van der Waals surface area contributed by atoms with Crippen molar-refractivity contribution in [2.45, 2.75) is 52.4 Å². The van der Waals surface area contributed by atoms with Crippen LogP contribution in [-0.4, -0.2) is 0 Å². The van der Waals surface area contributed by atoms with Crippen molar-refractivity contribution in [2.75, 3.05) is 0 Å². The lowest BCUT2D eigenvalue weighted by molar-refractivity contribution is 0.791. The van der Waals surface area contributed by atoms with E-state index in [0.29, 0.717) is 0 Å². The quantitative estimate of drug-likeness (QED) is 0.444. The van der Waals surface area contributed by atoms with E-state index in [1.165, 1.54) is 65.6 Å². The summed E-state index contributed by atoms with van der Waals surface area (Å²) in [5, 5.41) is 5.78. The lowest BCUT2D eigenvalue weighted by Crippen LogP contribution is -1.95. The molecule has 0 bridgehead atoms. The molecule has 0 aliphatic carbocycles. The number of aryl methyl sites for hydroxylation is 2. The highest BCUT2D eigenvalue weighted by atomic mass is 14.1. The predicted molar refractivity (Wildman–Crippen MR) is 98.7 cm³/mol. The number of rotatable bonds is 6. The number of unbranched alkanes of at least 4 members (excludes halogenated alkanes) is 2. The summed E-state index contributed by atoms with van der Waals surface area (Å²) in [6.45, 7) is 4.56. The highest BCUT2D eigenvalue weighted by molar-refractivity contribution is 6.03. The Kier molecular flexibility index (Phi) is 4.77. The van der Waals surface area contributed by atoms with Crippen LogP contribution in [0.25, 0.3) is 21.5 Å². The van der Waals surface area contributed by atoms with Crippen molar-refractivity contribution in [3.05, 3.63) is 59.7 Å². The van der Waals surface area contributed by atoms with Gasteiger partial charge in [-0.2, -0.15) is 0 Å². The van der Waals surface area contributed by atoms with Crippen LogP contribution in [0.1, 0.15) is 50.7 Å². The van der Waals surface area contributed by atoms with Crippen molar-refractivity contribution in [3.8, 4) is 0 Å². The van der Waals surface area contributed by atoms with Gasteiger partial charge in [0, 0.05) is 0 Å². The predicted octanol–water partition coefficient (Wildman–Crippen LogP) is 6.68. The molecule has 0 aliphatic heterocycles. The third kappa shape index (κ3) is 2.88. The number of hydrogen-bond acceptors (Lipinski definition) is 0. The summed E-state index contributed by atoms with van der Waals surface area (Å²) in [6, 6.07) is 18.1. The standard InChI is InChI=1S/C22H26/c1-3-5-10-17-12-9-13-19-16-18-11-7-8-15-20(18)21(22(17)19)14-6-4-2/h7-9,11-13,15-16H,3-6,10,14H2,1-2H3. The van der Waals surface area contributed by atoms with Crippen molar-refractivity contribution in [1.29, 1.82) is 0 Å². The number of benzene rings is 3. The molecular formula is C22H26. The van der Waals surface area contributed by atoms with E-state index in [2.05, 4.69) is 62.4 Å². The molecule has 0 unspecified atom stereocenters. The average molecular weight is 290 g/mol. The van der Waals surface area contributed by atoms with Crippen molar-refractivity contribution in [1.82, 2.24) is 0 Å². The van der Waals surface area contributed by atoms with Gasteiger partial charge in [0.2, 0.25) is 0 Å². The summed E-state index contributed by atoms with van der Waals surface area (Å²) in [7, 11) is 0. The molecule has 0 heterocycles. The molecule has 114 valence electrons. The average Bonchev–Trinajstić information content (AvgIpc) is 2.56. The molecule has 3 aromatic rings. The van der Waals surface area contributed by atoms with Gasteiger partial charge in [0.25, 0.3) is 0 Å². The second kappa shape index (κ2) is 6.96. The third-order valence-electron chi connectivity index (χ3n) is 4.66. The van der Waals surface area contributed by atoms with Gasteiger partial charge in [0.05, 0.1) is 0 Å². The van der Waals surface area contributed by atoms with E-state index in [4.69, 9.17) is 0 Å². The van der Waals surface area contributed by atoms with Crippen molar-refractivity contribution in [2.24, 2.45) is 0 Å². The molecule has 0 amide bonds. The Morgan fingerprint density at radius 3 is 2.27 bits per heavy atom. The van der Waals surface area contributed by atoms with E-state index in [-0.39, 0.29) is 0 Å². The molecule has 22 heavy (non-hydrogen) atoms. The number of fused-ring (bicyclic) bond motifs is 2. The molecule has 0 saturated carbocycles. The highest BCUT2D eigenvalue weighted by Gasteiger charge is 2.10. The monoisotopic (exact) mass is 290 g/mol. The fraction of sp³-hybridized carbons (Fsp3) is 0.364. The second-order valence-corrected chi connectivity index (χ2v) is 6.30. The molecule has 3 rings (SSSR count). The fourth-order valence-corrected chi connectivity index (χ4v) is 3.50. The summed E-state index contributed by atoms with van der Waals surface area (Å²) >= 11 is 0. The van der Waals surface area contributed by atoms with E-state index < -0.39 is 0 Å². The largest absolute Gasteiger partial charge is 0.0654 e. The third-order valence-corrected chi connectivity index (χ3v) is 4.66. The first-order chi connectivity index (χ1) is 10.8.